The number of benzene rings is 2. The van der Waals surface area contributed by atoms with Crippen molar-refractivity contribution in [1.82, 2.24) is 10.6 Å². The van der Waals surface area contributed by atoms with E-state index in [0.29, 0.717) is 18.0 Å². The van der Waals surface area contributed by atoms with Crippen molar-refractivity contribution in [3.63, 3.8) is 0 Å². The van der Waals surface area contributed by atoms with E-state index in [9.17, 15) is 9.59 Å². The number of hydrogen-bond donors (Lipinski definition) is 2. The second-order valence-electron chi connectivity index (χ2n) is 7.05. The minimum Gasteiger partial charge on any atom is -0.351 e. The lowest BCUT2D eigenvalue weighted by Crippen LogP contribution is -2.44. The molecule has 0 fully saturated rings. The quantitative estimate of drug-likeness (QED) is 0.887. The molecule has 2 aromatic carbocycles. The van der Waals surface area contributed by atoms with Gasteiger partial charge in [0, 0.05) is 12.1 Å². The van der Waals surface area contributed by atoms with Crippen LogP contribution >= 0.6 is 0 Å². The first-order chi connectivity index (χ1) is 12.1. The first-order valence-electron chi connectivity index (χ1n) is 8.90. The Labute approximate surface area is 147 Å². The van der Waals surface area contributed by atoms with Crippen LogP contribution in [0.15, 0.2) is 48.5 Å². The minimum absolute atomic E-state index is 0.0130. The third-order valence-corrected chi connectivity index (χ3v) is 5.49. The van der Waals surface area contributed by atoms with Gasteiger partial charge < -0.3 is 10.6 Å². The normalized spacial score (nSPS) is 24.7. The second kappa shape index (κ2) is 6.36. The van der Waals surface area contributed by atoms with Gasteiger partial charge in [-0.1, -0.05) is 49.4 Å². The summed E-state index contributed by atoms with van der Waals surface area (Å²) in [6.07, 6.45) is 2.13. The molecule has 0 saturated heterocycles. The lowest BCUT2D eigenvalue weighted by atomic mass is 9.80. The summed E-state index contributed by atoms with van der Waals surface area (Å²) in [4.78, 5) is 25.0. The highest BCUT2D eigenvalue weighted by molar-refractivity contribution is 6.00. The summed E-state index contributed by atoms with van der Waals surface area (Å²) in [6.45, 7) is 2.54. The van der Waals surface area contributed by atoms with Crippen molar-refractivity contribution in [2.24, 2.45) is 5.92 Å². The van der Waals surface area contributed by atoms with Crippen LogP contribution in [0, 0.1) is 5.92 Å². The van der Waals surface area contributed by atoms with Crippen LogP contribution in [0.3, 0.4) is 0 Å². The van der Waals surface area contributed by atoms with Crippen LogP contribution in [0.4, 0.5) is 0 Å². The lowest BCUT2D eigenvalue weighted by molar-refractivity contribution is -0.123. The predicted octanol–water partition coefficient (Wildman–Crippen LogP) is 2.95. The topological polar surface area (TPSA) is 58.2 Å². The standard InChI is InChI=1S/C21H22N2O2/c1-13-10-11-14-6-2-3-7-15(14)19(13)23-21(25)18-12-22-20(24)17-9-5-4-8-16(17)18/h2-9,13,18-19H,10-12H2,1H3,(H,22,24)(H,23,25). The number of fused-ring (bicyclic) bond motifs is 2. The van der Waals surface area contributed by atoms with Gasteiger partial charge in [-0.3, -0.25) is 9.59 Å². The van der Waals surface area contributed by atoms with Gasteiger partial charge >= 0.3 is 0 Å². The Morgan fingerprint density at radius 3 is 2.64 bits per heavy atom. The molecular weight excluding hydrogens is 312 g/mol. The average molecular weight is 334 g/mol. The number of carbonyl (C=O) groups excluding carboxylic acids is 2. The van der Waals surface area contributed by atoms with Gasteiger partial charge in [-0.25, -0.2) is 0 Å². The molecule has 4 heteroatoms. The van der Waals surface area contributed by atoms with E-state index in [0.717, 1.165) is 18.4 Å². The summed E-state index contributed by atoms with van der Waals surface area (Å²) in [6, 6.07) is 15.8. The van der Waals surface area contributed by atoms with E-state index < -0.39 is 0 Å². The van der Waals surface area contributed by atoms with Crippen LogP contribution < -0.4 is 10.6 Å². The molecule has 1 aliphatic carbocycles. The molecule has 1 heterocycles. The number of carbonyl (C=O) groups is 2. The van der Waals surface area contributed by atoms with E-state index in [1.54, 1.807) is 6.07 Å². The molecule has 0 radical (unpaired) electrons. The Balaban J connectivity index is 1.61. The van der Waals surface area contributed by atoms with Crippen molar-refractivity contribution in [1.29, 1.82) is 0 Å². The summed E-state index contributed by atoms with van der Waals surface area (Å²) in [5, 5.41) is 6.10. The van der Waals surface area contributed by atoms with Gasteiger partial charge in [-0.2, -0.15) is 0 Å². The Morgan fingerprint density at radius 2 is 1.80 bits per heavy atom. The summed E-state index contributed by atoms with van der Waals surface area (Å²) >= 11 is 0. The molecule has 4 rings (SSSR count). The molecule has 2 aromatic rings. The molecule has 3 atom stereocenters. The van der Waals surface area contributed by atoms with E-state index in [1.165, 1.54) is 11.1 Å². The molecule has 2 amide bonds. The monoisotopic (exact) mass is 334 g/mol. The van der Waals surface area contributed by atoms with Crippen molar-refractivity contribution in [3.8, 4) is 0 Å². The first kappa shape index (κ1) is 15.9. The van der Waals surface area contributed by atoms with Crippen LogP contribution in [0.1, 0.15) is 52.4 Å². The number of amides is 2. The number of aryl methyl sites for hydroxylation is 1. The van der Waals surface area contributed by atoms with Crippen LogP contribution in [-0.4, -0.2) is 18.4 Å². The molecule has 0 aromatic heterocycles. The van der Waals surface area contributed by atoms with Gasteiger partial charge in [-0.15, -0.1) is 0 Å². The fourth-order valence-electron chi connectivity index (χ4n) is 4.04. The molecule has 0 spiro atoms. The van der Waals surface area contributed by atoms with E-state index in [2.05, 4.69) is 35.8 Å². The van der Waals surface area contributed by atoms with Crippen LogP contribution in [-0.2, 0) is 11.2 Å². The van der Waals surface area contributed by atoms with Crippen LogP contribution in [0.2, 0.25) is 0 Å². The van der Waals surface area contributed by atoms with Crippen molar-refractivity contribution < 1.29 is 9.59 Å². The van der Waals surface area contributed by atoms with Gasteiger partial charge in [-0.05, 0) is 41.5 Å². The number of nitrogens with one attached hydrogen (secondary N) is 2. The van der Waals surface area contributed by atoms with Crippen molar-refractivity contribution in [2.45, 2.75) is 31.7 Å². The van der Waals surface area contributed by atoms with E-state index in [-0.39, 0.29) is 23.8 Å². The molecule has 2 aliphatic rings. The summed E-state index contributed by atoms with van der Waals surface area (Å²) < 4.78 is 0. The molecule has 0 bridgehead atoms. The molecule has 3 unspecified atom stereocenters. The maximum Gasteiger partial charge on any atom is 0.251 e. The first-order valence-corrected chi connectivity index (χ1v) is 8.90. The maximum atomic E-state index is 13.0. The molecule has 1 aliphatic heterocycles. The van der Waals surface area contributed by atoms with Crippen molar-refractivity contribution >= 4 is 11.8 Å². The lowest BCUT2D eigenvalue weighted by Gasteiger charge is -2.34. The SMILES string of the molecule is CC1CCc2ccccc2C1NC(=O)C1CNC(=O)c2ccccc21. The highest BCUT2D eigenvalue weighted by atomic mass is 16.2. The number of rotatable bonds is 2. The minimum atomic E-state index is -0.338. The molecule has 4 nitrogen and oxygen atoms in total. The van der Waals surface area contributed by atoms with Gasteiger partial charge in [0.1, 0.15) is 0 Å². The van der Waals surface area contributed by atoms with E-state index >= 15 is 0 Å². The molecule has 2 N–H and O–H groups in total. The summed E-state index contributed by atoms with van der Waals surface area (Å²) in [7, 11) is 0. The third-order valence-electron chi connectivity index (χ3n) is 5.49. The zero-order chi connectivity index (χ0) is 17.4. The van der Waals surface area contributed by atoms with Gasteiger partial charge in [0.15, 0.2) is 0 Å². The summed E-state index contributed by atoms with van der Waals surface area (Å²) in [5.74, 6) is -0.0560. The summed E-state index contributed by atoms with van der Waals surface area (Å²) in [5.41, 5.74) is 3.97. The zero-order valence-corrected chi connectivity index (χ0v) is 14.3. The highest BCUT2D eigenvalue weighted by Crippen LogP contribution is 2.35. The Hall–Kier alpha value is -2.62. The third kappa shape index (κ3) is 2.82. The van der Waals surface area contributed by atoms with E-state index in [1.807, 2.05) is 24.3 Å². The van der Waals surface area contributed by atoms with Crippen molar-refractivity contribution in [3.05, 3.63) is 70.8 Å². The molecule has 0 saturated carbocycles. The molecular formula is C21H22N2O2. The second-order valence-corrected chi connectivity index (χ2v) is 7.05. The van der Waals surface area contributed by atoms with Crippen LogP contribution in [0.25, 0.3) is 0 Å². The fraction of sp³-hybridized carbons (Fsp3) is 0.333. The number of hydrogen-bond acceptors (Lipinski definition) is 2. The van der Waals surface area contributed by atoms with Gasteiger partial charge in [0.25, 0.3) is 5.91 Å². The average Bonchev–Trinajstić information content (AvgIpc) is 2.64. The van der Waals surface area contributed by atoms with Crippen molar-refractivity contribution in [2.75, 3.05) is 6.54 Å². The van der Waals surface area contributed by atoms with Gasteiger partial charge in [0.05, 0.1) is 12.0 Å². The Kier molecular flexibility index (Phi) is 4.04. The Morgan fingerprint density at radius 1 is 1.08 bits per heavy atom. The Bertz CT molecular complexity index is 830. The molecule has 25 heavy (non-hydrogen) atoms. The smallest absolute Gasteiger partial charge is 0.251 e. The fourth-order valence-corrected chi connectivity index (χ4v) is 4.04. The highest BCUT2D eigenvalue weighted by Gasteiger charge is 2.33. The van der Waals surface area contributed by atoms with Gasteiger partial charge in [0.2, 0.25) is 5.91 Å². The largest absolute Gasteiger partial charge is 0.351 e. The predicted molar refractivity (Wildman–Crippen MR) is 96.3 cm³/mol. The van der Waals surface area contributed by atoms with E-state index in [4.69, 9.17) is 0 Å². The zero-order valence-electron chi connectivity index (χ0n) is 14.3. The van der Waals surface area contributed by atoms with Crippen LogP contribution in [0.5, 0.6) is 0 Å². The maximum absolute atomic E-state index is 13.0. The molecule has 128 valence electrons.